The van der Waals surface area contributed by atoms with Gasteiger partial charge in [-0.3, -0.25) is 10.1 Å². The van der Waals surface area contributed by atoms with Crippen molar-refractivity contribution in [3.05, 3.63) is 34.0 Å². The van der Waals surface area contributed by atoms with Crippen molar-refractivity contribution in [1.29, 1.82) is 0 Å². The molecule has 0 aromatic carbocycles. The van der Waals surface area contributed by atoms with Crippen LogP contribution in [0.15, 0.2) is 23.9 Å². The molecule has 0 atom stereocenters. The molecule has 0 aromatic heterocycles. The molecule has 18 heavy (non-hydrogen) atoms. The van der Waals surface area contributed by atoms with Gasteiger partial charge >= 0.3 is 0 Å². The molecule has 0 aliphatic rings. The van der Waals surface area contributed by atoms with Crippen LogP contribution >= 0.6 is 0 Å². The van der Waals surface area contributed by atoms with E-state index in [1.54, 1.807) is 6.08 Å². The van der Waals surface area contributed by atoms with Gasteiger partial charge in [0.1, 0.15) is 0 Å². The summed E-state index contributed by atoms with van der Waals surface area (Å²) in [5.74, 6) is 0. The van der Waals surface area contributed by atoms with Crippen LogP contribution in [0.4, 0.5) is 0 Å². The summed E-state index contributed by atoms with van der Waals surface area (Å²) in [6, 6.07) is 0. The van der Waals surface area contributed by atoms with Gasteiger partial charge < -0.3 is 0 Å². The van der Waals surface area contributed by atoms with Crippen LogP contribution in [0.5, 0.6) is 0 Å². The average molecular weight is 253 g/mol. The quantitative estimate of drug-likeness (QED) is 0.218. The first-order chi connectivity index (χ1) is 8.72. The molecule has 0 spiro atoms. The van der Waals surface area contributed by atoms with Crippen molar-refractivity contribution in [1.82, 2.24) is 0 Å². The van der Waals surface area contributed by atoms with Crippen molar-refractivity contribution in [3.8, 4) is 0 Å². The van der Waals surface area contributed by atoms with Crippen LogP contribution in [-0.4, -0.2) is 4.92 Å². The molecule has 3 nitrogen and oxygen atoms in total. The largest absolute Gasteiger partial charge is 0.259 e. The zero-order valence-corrected chi connectivity index (χ0v) is 11.9. The number of nitrogens with zero attached hydrogens (tertiary/aromatic N) is 1. The second-order valence-electron chi connectivity index (χ2n) is 4.62. The first kappa shape index (κ1) is 16.9. The second kappa shape index (κ2) is 12.3. The van der Waals surface area contributed by atoms with Crippen LogP contribution in [-0.2, 0) is 0 Å². The molecule has 0 bridgehead atoms. The fraction of sp³-hybridized carbons (Fsp3) is 0.733. The summed E-state index contributed by atoms with van der Waals surface area (Å²) in [5.41, 5.74) is 0.345. The lowest BCUT2D eigenvalue weighted by Gasteiger charge is -1.96. The molecule has 0 aliphatic carbocycles. The van der Waals surface area contributed by atoms with Crippen LogP contribution in [0, 0.1) is 10.1 Å². The van der Waals surface area contributed by atoms with Crippen molar-refractivity contribution in [2.75, 3.05) is 0 Å². The maximum atomic E-state index is 10.8. The Morgan fingerprint density at radius 1 is 1.00 bits per heavy atom. The number of hydrogen-bond acceptors (Lipinski definition) is 2. The highest BCUT2D eigenvalue weighted by Crippen LogP contribution is 2.09. The monoisotopic (exact) mass is 253 g/mol. The molecule has 0 rings (SSSR count). The van der Waals surface area contributed by atoms with E-state index >= 15 is 0 Å². The Morgan fingerprint density at radius 3 is 2.17 bits per heavy atom. The third-order valence-corrected chi connectivity index (χ3v) is 2.89. The molecule has 0 unspecified atom stereocenters. The van der Waals surface area contributed by atoms with Gasteiger partial charge in [0, 0.05) is 0 Å². The van der Waals surface area contributed by atoms with Gasteiger partial charge in [-0.05, 0) is 31.8 Å². The van der Waals surface area contributed by atoms with E-state index in [1.165, 1.54) is 19.3 Å². The highest BCUT2D eigenvalue weighted by atomic mass is 16.6. The summed E-state index contributed by atoms with van der Waals surface area (Å²) in [6.45, 7) is 4.31. The minimum absolute atomic E-state index is 0.248. The molecule has 0 aromatic rings. The topological polar surface area (TPSA) is 43.1 Å². The van der Waals surface area contributed by atoms with E-state index in [1.807, 2.05) is 6.08 Å². The van der Waals surface area contributed by atoms with Gasteiger partial charge in [-0.15, -0.1) is 0 Å². The van der Waals surface area contributed by atoms with Gasteiger partial charge in [0.15, 0.2) is 0 Å². The minimum atomic E-state index is -0.248. The summed E-state index contributed by atoms with van der Waals surface area (Å²) >= 11 is 0. The minimum Gasteiger partial charge on any atom is -0.259 e. The van der Waals surface area contributed by atoms with Crippen molar-refractivity contribution < 1.29 is 4.92 Å². The van der Waals surface area contributed by atoms with Crippen LogP contribution < -0.4 is 0 Å². The van der Waals surface area contributed by atoms with Gasteiger partial charge in [0.25, 0.3) is 0 Å². The summed E-state index contributed by atoms with van der Waals surface area (Å²) in [6.07, 6.45) is 15.1. The molecule has 0 amide bonds. The maximum Gasteiger partial charge on any atom is 0.246 e. The Balaban J connectivity index is 3.92. The molecule has 0 fully saturated rings. The standard InChI is InChI=1S/C15H27NO2/c1-3-5-7-9-10-12-14-15(16(17)18)13-11-8-6-4-2/h10,12-13H,3-9,11,14H2,1-2H3/b12-10-,15-13+. The fourth-order valence-electron chi connectivity index (χ4n) is 1.73. The van der Waals surface area contributed by atoms with Crippen LogP contribution in [0.2, 0.25) is 0 Å². The summed E-state index contributed by atoms with van der Waals surface area (Å²) in [7, 11) is 0. The van der Waals surface area contributed by atoms with E-state index in [2.05, 4.69) is 19.9 Å². The zero-order valence-electron chi connectivity index (χ0n) is 11.9. The molecule has 3 heteroatoms. The fourth-order valence-corrected chi connectivity index (χ4v) is 1.73. The molecule has 104 valence electrons. The molecule has 0 saturated heterocycles. The molecular weight excluding hydrogens is 226 g/mol. The van der Waals surface area contributed by atoms with Crippen molar-refractivity contribution in [2.45, 2.75) is 71.6 Å². The highest BCUT2D eigenvalue weighted by Gasteiger charge is 2.06. The third kappa shape index (κ3) is 10.1. The molecular formula is C15H27NO2. The van der Waals surface area contributed by atoms with E-state index in [0.717, 1.165) is 32.1 Å². The lowest BCUT2D eigenvalue weighted by molar-refractivity contribution is -0.427. The van der Waals surface area contributed by atoms with Gasteiger partial charge in [0.05, 0.1) is 11.3 Å². The summed E-state index contributed by atoms with van der Waals surface area (Å²) < 4.78 is 0. The highest BCUT2D eigenvalue weighted by molar-refractivity contribution is 4.99. The molecule has 0 aliphatic heterocycles. The summed E-state index contributed by atoms with van der Waals surface area (Å²) in [4.78, 5) is 10.6. The zero-order chi connectivity index (χ0) is 13.6. The Morgan fingerprint density at radius 2 is 1.61 bits per heavy atom. The summed E-state index contributed by atoms with van der Waals surface area (Å²) in [5, 5.41) is 10.8. The molecule has 0 N–H and O–H groups in total. The maximum absolute atomic E-state index is 10.8. The number of rotatable bonds is 11. The van der Waals surface area contributed by atoms with Crippen molar-refractivity contribution >= 4 is 0 Å². The van der Waals surface area contributed by atoms with E-state index < -0.39 is 0 Å². The molecule has 0 saturated carbocycles. The van der Waals surface area contributed by atoms with Crippen molar-refractivity contribution in [3.63, 3.8) is 0 Å². The number of unbranched alkanes of at least 4 members (excludes halogenated alkanes) is 6. The first-order valence-corrected chi connectivity index (χ1v) is 7.20. The predicted molar refractivity (Wildman–Crippen MR) is 77.1 cm³/mol. The Labute approximate surface area is 111 Å². The second-order valence-corrected chi connectivity index (χ2v) is 4.62. The van der Waals surface area contributed by atoms with Gasteiger partial charge in [0.2, 0.25) is 5.70 Å². The Kier molecular flexibility index (Phi) is 11.6. The van der Waals surface area contributed by atoms with E-state index in [4.69, 9.17) is 0 Å². The lowest BCUT2D eigenvalue weighted by atomic mass is 10.1. The Bertz CT molecular complexity index is 270. The molecule has 0 radical (unpaired) electrons. The number of hydrogen-bond donors (Lipinski definition) is 0. The number of nitro groups is 1. The average Bonchev–Trinajstić information content (AvgIpc) is 2.35. The van der Waals surface area contributed by atoms with Crippen LogP contribution in [0.3, 0.4) is 0 Å². The van der Waals surface area contributed by atoms with Gasteiger partial charge in [-0.1, -0.05) is 51.7 Å². The SMILES string of the molecule is CCCCC/C=C\C/C(=C\CCCCC)[N+](=O)[O-]. The van der Waals surface area contributed by atoms with Gasteiger partial charge in [-0.2, -0.15) is 0 Å². The third-order valence-electron chi connectivity index (χ3n) is 2.89. The lowest BCUT2D eigenvalue weighted by Crippen LogP contribution is -1.97. The van der Waals surface area contributed by atoms with Gasteiger partial charge in [-0.25, -0.2) is 0 Å². The first-order valence-electron chi connectivity index (χ1n) is 7.20. The number of allylic oxidation sites excluding steroid dienone is 3. The van der Waals surface area contributed by atoms with E-state index in [-0.39, 0.29) is 4.92 Å². The Hall–Kier alpha value is -1.12. The van der Waals surface area contributed by atoms with Crippen molar-refractivity contribution in [2.24, 2.45) is 0 Å². The van der Waals surface area contributed by atoms with E-state index in [0.29, 0.717) is 12.1 Å². The predicted octanol–water partition coefficient (Wildman–Crippen LogP) is 5.25. The smallest absolute Gasteiger partial charge is 0.246 e. The normalized spacial score (nSPS) is 12.2. The van der Waals surface area contributed by atoms with Crippen LogP contribution in [0.1, 0.15) is 71.6 Å². The van der Waals surface area contributed by atoms with E-state index in [9.17, 15) is 10.1 Å². The molecule has 0 heterocycles. The van der Waals surface area contributed by atoms with Crippen LogP contribution in [0.25, 0.3) is 0 Å².